The molecule has 1 aliphatic rings. The molecule has 0 saturated carbocycles. The highest BCUT2D eigenvalue weighted by Crippen LogP contribution is 2.32. The van der Waals surface area contributed by atoms with Gasteiger partial charge in [0.05, 0.1) is 11.1 Å². The van der Waals surface area contributed by atoms with Crippen molar-refractivity contribution in [2.75, 3.05) is 44.3 Å². The van der Waals surface area contributed by atoms with Gasteiger partial charge in [-0.05, 0) is 90.2 Å². The second-order valence-electron chi connectivity index (χ2n) is 10.5. The van der Waals surface area contributed by atoms with Gasteiger partial charge in [-0.3, -0.25) is 14.8 Å². The number of piperazine rings is 1. The van der Waals surface area contributed by atoms with Crippen molar-refractivity contribution < 1.29 is 9.53 Å². The number of likely N-dealkylation sites (N-methyl/N-ethyl adjacent to an activating group) is 1. The number of amides is 1. The van der Waals surface area contributed by atoms with E-state index in [4.69, 9.17) is 10.5 Å². The number of carbonyl (C=O) groups excluding carboxylic acids is 1. The number of anilines is 2. The van der Waals surface area contributed by atoms with Crippen LogP contribution < -0.4 is 15.8 Å². The van der Waals surface area contributed by atoms with Crippen LogP contribution in [0.15, 0.2) is 67.0 Å². The molecular formula is C31H31IN8O2. The lowest BCUT2D eigenvalue weighted by Crippen LogP contribution is -2.44. The number of hydrogen-bond acceptors (Lipinski definition) is 8. The van der Waals surface area contributed by atoms with Gasteiger partial charge in [0.15, 0.2) is 5.65 Å². The molecule has 42 heavy (non-hydrogen) atoms. The molecule has 11 heteroatoms. The second kappa shape index (κ2) is 12.0. The van der Waals surface area contributed by atoms with E-state index in [1.807, 2.05) is 61.5 Å². The first kappa shape index (κ1) is 28.1. The zero-order chi connectivity index (χ0) is 29.2. The van der Waals surface area contributed by atoms with Crippen LogP contribution in [0.25, 0.3) is 22.3 Å². The monoisotopic (exact) mass is 674 g/mol. The van der Waals surface area contributed by atoms with Crippen molar-refractivity contribution in [3.8, 4) is 22.8 Å². The minimum atomic E-state index is -0.159. The Labute approximate surface area is 257 Å². The van der Waals surface area contributed by atoms with Crippen LogP contribution in [0.3, 0.4) is 0 Å². The molecule has 1 saturated heterocycles. The smallest absolute Gasteiger partial charge is 0.255 e. The third kappa shape index (κ3) is 6.08. The van der Waals surface area contributed by atoms with Gasteiger partial charge >= 0.3 is 0 Å². The van der Waals surface area contributed by atoms with Crippen molar-refractivity contribution in [1.82, 2.24) is 30.0 Å². The molecule has 0 spiro atoms. The van der Waals surface area contributed by atoms with Crippen LogP contribution >= 0.6 is 22.6 Å². The van der Waals surface area contributed by atoms with E-state index in [1.165, 1.54) is 11.9 Å². The maximum absolute atomic E-state index is 13.1. The van der Waals surface area contributed by atoms with Gasteiger partial charge in [0.1, 0.15) is 23.6 Å². The van der Waals surface area contributed by atoms with Gasteiger partial charge in [-0.25, -0.2) is 9.97 Å². The fourth-order valence-corrected chi connectivity index (χ4v) is 5.64. The highest BCUT2D eigenvalue weighted by molar-refractivity contribution is 14.1. The molecule has 4 N–H and O–H groups in total. The standard InChI is InChI=1S/C31H31IN8O2/c1-19-3-8-23(36-31(41)21-4-5-22(25(32)15-21)17-40-13-11-39(2)12-14-40)16-26(19)42-24-9-6-20(7-10-24)28-27-29(33)34-18-35-30(27)38-37-28/h3-10,15-16,18H,11-14,17H2,1-2H3,(H,36,41)(H3,33,34,35,37,38). The van der Waals surface area contributed by atoms with E-state index in [2.05, 4.69) is 71.0 Å². The average Bonchev–Trinajstić information content (AvgIpc) is 3.43. The van der Waals surface area contributed by atoms with Gasteiger partial charge in [0, 0.05) is 59.2 Å². The average molecular weight is 675 g/mol. The van der Waals surface area contributed by atoms with Gasteiger partial charge in [-0.2, -0.15) is 5.10 Å². The van der Waals surface area contributed by atoms with E-state index in [-0.39, 0.29) is 5.91 Å². The lowest BCUT2D eigenvalue weighted by Gasteiger charge is -2.32. The minimum absolute atomic E-state index is 0.159. The summed E-state index contributed by atoms with van der Waals surface area (Å²) in [6.45, 7) is 7.15. The number of nitrogens with two attached hydrogens (primary N) is 1. The highest BCUT2D eigenvalue weighted by Gasteiger charge is 2.17. The lowest BCUT2D eigenvalue weighted by molar-refractivity contribution is 0.102. The van der Waals surface area contributed by atoms with Crippen molar-refractivity contribution in [3.05, 3.63) is 87.3 Å². The second-order valence-corrected chi connectivity index (χ2v) is 11.7. The van der Waals surface area contributed by atoms with Crippen molar-refractivity contribution >= 4 is 51.0 Å². The number of H-pyrrole nitrogens is 1. The molecule has 1 amide bonds. The molecule has 1 aliphatic heterocycles. The van der Waals surface area contributed by atoms with Gasteiger partial charge in [0.2, 0.25) is 0 Å². The van der Waals surface area contributed by atoms with E-state index in [0.717, 1.165) is 53.1 Å². The molecule has 10 nitrogen and oxygen atoms in total. The summed E-state index contributed by atoms with van der Waals surface area (Å²) in [4.78, 5) is 26.2. The van der Waals surface area contributed by atoms with Crippen LogP contribution in [0.5, 0.6) is 11.5 Å². The summed E-state index contributed by atoms with van der Waals surface area (Å²) in [6, 6.07) is 19.2. The Morgan fingerprint density at radius 3 is 2.60 bits per heavy atom. The summed E-state index contributed by atoms with van der Waals surface area (Å²) in [5, 5.41) is 10.9. The van der Waals surface area contributed by atoms with Crippen LogP contribution in [-0.4, -0.2) is 69.1 Å². The number of carbonyl (C=O) groups is 1. The maximum Gasteiger partial charge on any atom is 0.255 e. The minimum Gasteiger partial charge on any atom is -0.457 e. The third-order valence-corrected chi connectivity index (χ3v) is 8.51. The number of benzene rings is 3. The van der Waals surface area contributed by atoms with Crippen molar-refractivity contribution in [1.29, 1.82) is 0 Å². The molecule has 214 valence electrons. The molecule has 0 radical (unpaired) electrons. The Morgan fingerprint density at radius 1 is 1.05 bits per heavy atom. The predicted octanol–water partition coefficient (Wildman–Crippen LogP) is 5.31. The van der Waals surface area contributed by atoms with Crippen molar-refractivity contribution in [2.45, 2.75) is 13.5 Å². The van der Waals surface area contributed by atoms with Crippen molar-refractivity contribution in [3.63, 3.8) is 0 Å². The number of aromatic nitrogens is 4. The SMILES string of the molecule is Cc1ccc(NC(=O)c2ccc(CN3CCN(C)CC3)c(I)c2)cc1Oc1ccc(-c2[nH]nc3ncnc(N)c23)cc1. The van der Waals surface area contributed by atoms with E-state index in [1.54, 1.807) is 0 Å². The number of nitrogens with one attached hydrogen (secondary N) is 2. The molecule has 3 aromatic carbocycles. The number of halogens is 1. The molecule has 2 aromatic heterocycles. The normalized spacial score (nSPS) is 14.3. The predicted molar refractivity (Wildman–Crippen MR) is 173 cm³/mol. The number of nitrogens with zero attached hydrogens (tertiary/aromatic N) is 5. The van der Waals surface area contributed by atoms with E-state index >= 15 is 0 Å². The van der Waals surface area contributed by atoms with Crippen LogP contribution in [-0.2, 0) is 6.54 Å². The number of ether oxygens (including phenoxy) is 1. The number of aryl methyl sites for hydroxylation is 1. The first-order valence-electron chi connectivity index (χ1n) is 13.7. The number of hydrogen-bond donors (Lipinski definition) is 3. The highest BCUT2D eigenvalue weighted by atomic mass is 127. The Kier molecular flexibility index (Phi) is 8.05. The Balaban J connectivity index is 1.13. The Bertz CT molecular complexity index is 1750. The lowest BCUT2D eigenvalue weighted by atomic mass is 10.1. The molecule has 3 heterocycles. The fourth-order valence-electron chi connectivity index (χ4n) is 4.96. The quantitative estimate of drug-likeness (QED) is 0.199. The summed E-state index contributed by atoms with van der Waals surface area (Å²) in [6.07, 6.45) is 1.39. The van der Waals surface area contributed by atoms with Gasteiger partial charge < -0.3 is 20.7 Å². The number of aromatic amines is 1. The molecule has 0 aliphatic carbocycles. The molecule has 0 unspecified atom stereocenters. The Morgan fingerprint density at radius 2 is 1.83 bits per heavy atom. The number of fused-ring (bicyclic) bond motifs is 1. The number of rotatable bonds is 7. The van der Waals surface area contributed by atoms with E-state index in [0.29, 0.717) is 39.6 Å². The molecule has 0 bridgehead atoms. The van der Waals surface area contributed by atoms with Crippen molar-refractivity contribution in [2.24, 2.45) is 0 Å². The zero-order valence-electron chi connectivity index (χ0n) is 23.4. The van der Waals surface area contributed by atoms with Crippen LogP contribution in [0.4, 0.5) is 11.5 Å². The van der Waals surface area contributed by atoms with Gasteiger partial charge in [-0.1, -0.05) is 12.1 Å². The molecule has 1 fully saturated rings. The van der Waals surface area contributed by atoms with Gasteiger partial charge in [-0.15, -0.1) is 0 Å². The molecule has 0 atom stereocenters. The number of nitrogen functional groups attached to an aromatic ring is 1. The van der Waals surface area contributed by atoms with Crippen LogP contribution in [0.1, 0.15) is 21.5 Å². The summed E-state index contributed by atoms with van der Waals surface area (Å²) in [5.41, 5.74) is 11.7. The summed E-state index contributed by atoms with van der Waals surface area (Å²) in [7, 11) is 2.16. The summed E-state index contributed by atoms with van der Waals surface area (Å²) < 4.78 is 7.29. The summed E-state index contributed by atoms with van der Waals surface area (Å²) >= 11 is 2.33. The van der Waals surface area contributed by atoms with Gasteiger partial charge in [0.25, 0.3) is 5.91 Å². The first-order valence-corrected chi connectivity index (χ1v) is 14.8. The third-order valence-electron chi connectivity index (χ3n) is 7.50. The largest absolute Gasteiger partial charge is 0.457 e. The Hall–Kier alpha value is -4.07. The first-order chi connectivity index (χ1) is 20.3. The molecule has 5 aromatic rings. The van der Waals surface area contributed by atoms with Crippen LogP contribution in [0, 0.1) is 10.5 Å². The van der Waals surface area contributed by atoms with E-state index in [9.17, 15) is 4.79 Å². The topological polar surface area (TPSA) is 125 Å². The molecule has 6 rings (SSSR count). The zero-order valence-corrected chi connectivity index (χ0v) is 25.6. The summed E-state index contributed by atoms with van der Waals surface area (Å²) in [5.74, 6) is 1.52. The van der Waals surface area contributed by atoms with E-state index < -0.39 is 0 Å². The van der Waals surface area contributed by atoms with Crippen LogP contribution in [0.2, 0.25) is 0 Å². The maximum atomic E-state index is 13.1. The fraction of sp³-hybridized carbons (Fsp3) is 0.226. The molecular weight excluding hydrogens is 643 g/mol.